The number of H-pyrrole nitrogens is 1. The Labute approximate surface area is 99.3 Å². The molecule has 84 valence electrons. The molecule has 2 aromatic carbocycles. The SMILES string of the molecule is Cc1cccc(-c2n[nH]c3cccc(N)c23)c1. The van der Waals surface area contributed by atoms with E-state index >= 15 is 0 Å². The van der Waals surface area contributed by atoms with E-state index < -0.39 is 0 Å². The molecule has 3 rings (SSSR count). The third-order valence-electron chi connectivity index (χ3n) is 2.91. The van der Waals surface area contributed by atoms with Crippen LogP contribution in [0.3, 0.4) is 0 Å². The predicted molar refractivity (Wildman–Crippen MR) is 70.7 cm³/mol. The Balaban J connectivity index is 2.31. The monoisotopic (exact) mass is 223 g/mol. The van der Waals surface area contributed by atoms with Gasteiger partial charge in [-0.25, -0.2) is 0 Å². The average Bonchev–Trinajstić information content (AvgIpc) is 2.74. The number of nitrogens with two attached hydrogens (primary N) is 1. The van der Waals surface area contributed by atoms with E-state index in [4.69, 9.17) is 5.73 Å². The molecule has 0 atom stereocenters. The number of aromatic nitrogens is 2. The summed E-state index contributed by atoms with van der Waals surface area (Å²) in [4.78, 5) is 0. The van der Waals surface area contributed by atoms with Gasteiger partial charge in [0, 0.05) is 11.3 Å². The molecule has 0 saturated heterocycles. The number of aromatic amines is 1. The van der Waals surface area contributed by atoms with Crippen LogP contribution in [-0.2, 0) is 0 Å². The minimum atomic E-state index is 0.757. The number of fused-ring (bicyclic) bond motifs is 1. The molecule has 3 N–H and O–H groups in total. The first-order chi connectivity index (χ1) is 8.25. The van der Waals surface area contributed by atoms with Gasteiger partial charge in [0.15, 0.2) is 0 Å². The maximum Gasteiger partial charge on any atom is 0.102 e. The molecule has 0 aliphatic rings. The quantitative estimate of drug-likeness (QED) is 0.623. The topological polar surface area (TPSA) is 54.7 Å². The normalized spacial score (nSPS) is 10.9. The van der Waals surface area contributed by atoms with Crippen molar-refractivity contribution in [2.75, 3.05) is 5.73 Å². The van der Waals surface area contributed by atoms with Crippen LogP contribution in [0, 0.1) is 6.92 Å². The van der Waals surface area contributed by atoms with Crippen molar-refractivity contribution >= 4 is 16.6 Å². The van der Waals surface area contributed by atoms with E-state index in [1.807, 2.05) is 24.3 Å². The Kier molecular flexibility index (Phi) is 2.11. The fourth-order valence-electron chi connectivity index (χ4n) is 2.10. The number of rotatable bonds is 1. The minimum Gasteiger partial charge on any atom is -0.398 e. The Morgan fingerprint density at radius 1 is 1.12 bits per heavy atom. The minimum absolute atomic E-state index is 0.757. The standard InChI is InChI=1S/C14H13N3/c1-9-4-2-5-10(8-9)14-13-11(15)6-3-7-12(13)16-17-14/h2-8H,15H2,1H3,(H,16,17). The summed E-state index contributed by atoms with van der Waals surface area (Å²) in [6.07, 6.45) is 0. The highest BCUT2D eigenvalue weighted by molar-refractivity contribution is 6.01. The van der Waals surface area contributed by atoms with Gasteiger partial charge in [-0.2, -0.15) is 5.10 Å². The second kappa shape index (κ2) is 3.63. The van der Waals surface area contributed by atoms with E-state index in [9.17, 15) is 0 Å². The largest absolute Gasteiger partial charge is 0.398 e. The molecule has 0 bridgehead atoms. The average molecular weight is 223 g/mol. The lowest BCUT2D eigenvalue weighted by atomic mass is 10.0. The van der Waals surface area contributed by atoms with Crippen LogP contribution >= 0.6 is 0 Å². The Morgan fingerprint density at radius 2 is 1.94 bits per heavy atom. The van der Waals surface area contributed by atoms with Gasteiger partial charge in [0.2, 0.25) is 0 Å². The van der Waals surface area contributed by atoms with E-state index in [0.29, 0.717) is 0 Å². The van der Waals surface area contributed by atoms with Crippen molar-refractivity contribution < 1.29 is 0 Å². The number of hydrogen-bond donors (Lipinski definition) is 2. The van der Waals surface area contributed by atoms with Gasteiger partial charge in [-0.1, -0.05) is 29.8 Å². The third kappa shape index (κ3) is 1.56. The first-order valence-corrected chi connectivity index (χ1v) is 5.55. The molecular weight excluding hydrogens is 210 g/mol. The Hall–Kier alpha value is -2.29. The summed E-state index contributed by atoms with van der Waals surface area (Å²) in [5.74, 6) is 0. The number of nitrogens with one attached hydrogen (secondary N) is 1. The lowest BCUT2D eigenvalue weighted by molar-refractivity contribution is 1.12. The number of hydrogen-bond acceptors (Lipinski definition) is 2. The molecule has 1 aromatic heterocycles. The molecule has 0 fully saturated rings. The smallest absolute Gasteiger partial charge is 0.102 e. The molecule has 0 saturated carbocycles. The van der Waals surface area contributed by atoms with Crippen LogP contribution in [0.15, 0.2) is 42.5 Å². The number of anilines is 1. The summed E-state index contributed by atoms with van der Waals surface area (Å²) in [7, 11) is 0. The lowest BCUT2D eigenvalue weighted by Gasteiger charge is -2.01. The molecule has 3 aromatic rings. The highest BCUT2D eigenvalue weighted by Crippen LogP contribution is 2.30. The summed E-state index contributed by atoms with van der Waals surface area (Å²) in [6.45, 7) is 2.07. The van der Waals surface area contributed by atoms with E-state index in [-0.39, 0.29) is 0 Å². The molecule has 0 radical (unpaired) electrons. The van der Waals surface area contributed by atoms with Crippen molar-refractivity contribution in [3.05, 3.63) is 48.0 Å². The van der Waals surface area contributed by atoms with Crippen LogP contribution in [0.2, 0.25) is 0 Å². The molecule has 0 unspecified atom stereocenters. The van der Waals surface area contributed by atoms with Crippen molar-refractivity contribution in [3.8, 4) is 11.3 Å². The fourth-order valence-corrected chi connectivity index (χ4v) is 2.10. The Bertz CT molecular complexity index is 683. The van der Waals surface area contributed by atoms with Crippen LogP contribution in [-0.4, -0.2) is 10.2 Å². The molecule has 0 amide bonds. The third-order valence-corrected chi connectivity index (χ3v) is 2.91. The zero-order valence-electron chi connectivity index (χ0n) is 9.57. The van der Waals surface area contributed by atoms with Crippen molar-refractivity contribution in [1.29, 1.82) is 0 Å². The number of nitrogen functional groups attached to an aromatic ring is 1. The highest BCUT2D eigenvalue weighted by atomic mass is 15.1. The molecule has 3 nitrogen and oxygen atoms in total. The molecule has 0 aliphatic heterocycles. The molecule has 17 heavy (non-hydrogen) atoms. The number of nitrogens with zero attached hydrogens (tertiary/aromatic N) is 1. The molecule has 3 heteroatoms. The second-order valence-electron chi connectivity index (χ2n) is 4.21. The van der Waals surface area contributed by atoms with Crippen LogP contribution in [0.4, 0.5) is 5.69 Å². The second-order valence-corrected chi connectivity index (χ2v) is 4.21. The van der Waals surface area contributed by atoms with Crippen molar-refractivity contribution in [1.82, 2.24) is 10.2 Å². The maximum atomic E-state index is 6.02. The van der Waals surface area contributed by atoms with Crippen molar-refractivity contribution in [3.63, 3.8) is 0 Å². The summed E-state index contributed by atoms with van der Waals surface area (Å²) in [5, 5.41) is 8.38. The van der Waals surface area contributed by atoms with E-state index in [0.717, 1.165) is 27.8 Å². The lowest BCUT2D eigenvalue weighted by Crippen LogP contribution is -1.87. The zero-order chi connectivity index (χ0) is 11.8. The molecular formula is C14H13N3. The Morgan fingerprint density at radius 3 is 2.76 bits per heavy atom. The van der Waals surface area contributed by atoms with E-state index in [2.05, 4.69) is 35.3 Å². The molecule has 0 aliphatic carbocycles. The van der Waals surface area contributed by atoms with Gasteiger partial charge in [-0.3, -0.25) is 5.10 Å². The molecule has 1 heterocycles. The van der Waals surface area contributed by atoms with Crippen molar-refractivity contribution in [2.45, 2.75) is 6.92 Å². The van der Waals surface area contributed by atoms with Gasteiger partial charge in [0.25, 0.3) is 0 Å². The van der Waals surface area contributed by atoms with E-state index in [1.54, 1.807) is 0 Å². The fraction of sp³-hybridized carbons (Fsp3) is 0.0714. The van der Waals surface area contributed by atoms with Crippen LogP contribution in [0.25, 0.3) is 22.2 Å². The van der Waals surface area contributed by atoms with Gasteiger partial charge in [0.05, 0.1) is 10.9 Å². The maximum absolute atomic E-state index is 6.02. The first-order valence-electron chi connectivity index (χ1n) is 5.55. The predicted octanol–water partition coefficient (Wildman–Crippen LogP) is 3.12. The van der Waals surface area contributed by atoms with Gasteiger partial charge >= 0.3 is 0 Å². The summed E-state index contributed by atoms with van der Waals surface area (Å²) < 4.78 is 0. The van der Waals surface area contributed by atoms with Crippen LogP contribution in [0.5, 0.6) is 0 Å². The number of aryl methyl sites for hydroxylation is 1. The van der Waals surface area contributed by atoms with Crippen LogP contribution in [0.1, 0.15) is 5.56 Å². The summed E-state index contributed by atoms with van der Waals surface area (Å²) in [5.41, 5.74) is 11.0. The van der Waals surface area contributed by atoms with Gasteiger partial charge in [-0.15, -0.1) is 0 Å². The van der Waals surface area contributed by atoms with Crippen molar-refractivity contribution in [2.24, 2.45) is 0 Å². The highest BCUT2D eigenvalue weighted by Gasteiger charge is 2.10. The molecule has 0 spiro atoms. The van der Waals surface area contributed by atoms with Gasteiger partial charge < -0.3 is 5.73 Å². The summed E-state index contributed by atoms with van der Waals surface area (Å²) in [6, 6.07) is 14.1. The van der Waals surface area contributed by atoms with E-state index in [1.165, 1.54) is 5.56 Å². The zero-order valence-corrected chi connectivity index (χ0v) is 9.57. The number of benzene rings is 2. The van der Waals surface area contributed by atoms with Gasteiger partial charge in [-0.05, 0) is 25.1 Å². The van der Waals surface area contributed by atoms with Crippen LogP contribution < -0.4 is 5.73 Å². The first kappa shape index (κ1) is 9.90. The summed E-state index contributed by atoms with van der Waals surface area (Å²) >= 11 is 0. The van der Waals surface area contributed by atoms with Gasteiger partial charge in [0.1, 0.15) is 5.69 Å².